The third kappa shape index (κ3) is 5.96. The number of aromatic nitrogens is 2. The molecule has 0 fully saturated rings. The number of hydrogen-bond acceptors (Lipinski definition) is 4. The molecule has 2 aromatic heterocycles. The van der Waals surface area contributed by atoms with E-state index in [2.05, 4.69) is 193 Å². The molecule has 11 rings (SSSR count). The third-order valence-corrected chi connectivity index (χ3v) is 11.0. The van der Waals surface area contributed by atoms with Crippen LogP contribution in [-0.2, 0) is 0 Å². The highest BCUT2D eigenvalue weighted by Crippen LogP contribution is 2.42. The van der Waals surface area contributed by atoms with Crippen LogP contribution in [0.25, 0.3) is 88.5 Å². The first-order chi connectivity index (χ1) is 28.7. The summed E-state index contributed by atoms with van der Waals surface area (Å²) in [6.45, 7) is 0. The van der Waals surface area contributed by atoms with Gasteiger partial charge in [0.15, 0.2) is 0 Å². The van der Waals surface area contributed by atoms with E-state index in [9.17, 15) is 0 Å². The number of nitrogens with zero attached hydrogens (tertiary/aromatic N) is 3. The highest BCUT2D eigenvalue weighted by molar-refractivity contribution is 6.08. The van der Waals surface area contributed by atoms with Crippen molar-refractivity contribution in [3.8, 4) is 44.8 Å². The second kappa shape index (κ2) is 14.0. The predicted octanol–water partition coefficient (Wildman–Crippen LogP) is 14.8. The van der Waals surface area contributed by atoms with Crippen molar-refractivity contribution in [2.75, 3.05) is 4.90 Å². The molecule has 0 aliphatic heterocycles. The Morgan fingerprint density at radius 2 is 0.862 bits per heavy atom. The molecule has 0 bridgehead atoms. The fourth-order valence-corrected chi connectivity index (χ4v) is 8.19. The number of hydrogen-bond donors (Lipinski definition) is 0. The summed E-state index contributed by atoms with van der Waals surface area (Å²) in [5.74, 6) is 0. The lowest BCUT2D eigenvalue weighted by Gasteiger charge is -2.26. The molecule has 0 aliphatic carbocycles. The summed E-state index contributed by atoms with van der Waals surface area (Å²) in [6.07, 6.45) is 0. The van der Waals surface area contributed by atoms with Gasteiger partial charge in [0.25, 0.3) is 0 Å². The quantitative estimate of drug-likeness (QED) is 0.153. The van der Waals surface area contributed by atoms with Crippen LogP contribution in [0.5, 0.6) is 0 Å². The molecule has 0 unspecified atom stereocenters. The van der Waals surface area contributed by atoms with Crippen molar-refractivity contribution in [1.29, 1.82) is 0 Å². The first-order valence-corrected chi connectivity index (χ1v) is 19.6. The highest BCUT2D eigenvalue weighted by atomic mass is 16.3. The average molecular weight is 742 g/mol. The average Bonchev–Trinajstić information content (AvgIpc) is 3.68. The van der Waals surface area contributed by atoms with Crippen molar-refractivity contribution in [3.05, 3.63) is 212 Å². The Morgan fingerprint density at radius 1 is 0.328 bits per heavy atom. The molecule has 58 heavy (non-hydrogen) atoms. The maximum atomic E-state index is 6.25. The Balaban J connectivity index is 1.07. The molecule has 0 saturated heterocycles. The number of furan rings is 1. The monoisotopic (exact) mass is 741 g/mol. The first kappa shape index (κ1) is 33.5. The van der Waals surface area contributed by atoms with E-state index in [0.29, 0.717) is 0 Å². The summed E-state index contributed by atoms with van der Waals surface area (Å²) >= 11 is 0. The number of rotatable bonds is 7. The minimum absolute atomic E-state index is 0.864. The molecule has 11 aromatic rings. The molecule has 0 amide bonds. The zero-order valence-corrected chi connectivity index (χ0v) is 31.5. The Hall–Kier alpha value is -7.82. The van der Waals surface area contributed by atoms with Crippen molar-refractivity contribution < 1.29 is 4.42 Å². The summed E-state index contributed by atoms with van der Waals surface area (Å²) in [5, 5.41) is 4.37. The number of benzene rings is 9. The lowest BCUT2D eigenvalue weighted by Crippen LogP contribution is -2.10. The van der Waals surface area contributed by atoms with Crippen LogP contribution in [0.2, 0.25) is 0 Å². The minimum Gasteiger partial charge on any atom is -0.456 e. The van der Waals surface area contributed by atoms with Gasteiger partial charge < -0.3 is 9.32 Å². The summed E-state index contributed by atoms with van der Waals surface area (Å²) < 4.78 is 6.25. The van der Waals surface area contributed by atoms with Gasteiger partial charge in [0, 0.05) is 44.3 Å². The van der Waals surface area contributed by atoms with Gasteiger partial charge in [0.05, 0.1) is 22.4 Å². The maximum Gasteiger partial charge on any atom is 0.135 e. The van der Waals surface area contributed by atoms with Gasteiger partial charge in [-0.25, -0.2) is 9.97 Å². The Kier molecular flexibility index (Phi) is 8.11. The van der Waals surface area contributed by atoms with Gasteiger partial charge in [-0.2, -0.15) is 0 Å². The molecule has 4 heteroatoms. The molecule has 4 nitrogen and oxygen atoms in total. The van der Waals surface area contributed by atoms with E-state index < -0.39 is 0 Å². The van der Waals surface area contributed by atoms with Crippen LogP contribution in [-0.4, -0.2) is 9.97 Å². The molecule has 0 spiro atoms. The van der Waals surface area contributed by atoms with Gasteiger partial charge in [0.2, 0.25) is 0 Å². The van der Waals surface area contributed by atoms with Crippen LogP contribution in [0.15, 0.2) is 217 Å². The summed E-state index contributed by atoms with van der Waals surface area (Å²) in [6, 6.07) is 74.5. The van der Waals surface area contributed by atoms with Crippen LogP contribution >= 0.6 is 0 Å². The largest absolute Gasteiger partial charge is 0.456 e. The second-order valence-electron chi connectivity index (χ2n) is 14.6. The minimum atomic E-state index is 0.864. The molecule has 0 aliphatic rings. The Bertz CT molecular complexity index is 3280. The van der Waals surface area contributed by atoms with Crippen LogP contribution in [0.4, 0.5) is 17.1 Å². The van der Waals surface area contributed by atoms with Crippen LogP contribution in [0.3, 0.4) is 0 Å². The fraction of sp³-hybridized carbons (Fsp3) is 0. The molecular weight excluding hydrogens is 707 g/mol. The first-order valence-electron chi connectivity index (χ1n) is 19.6. The van der Waals surface area contributed by atoms with Gasteiger partial charge in [-0.3, -0.25) is 0 Å². The molecule has 272 valence electrons. The SMILES string of the molecule is c1ccc(-c2cccc(N(c3cccc(-c4ccc5ccc6nc(-c7ccccc7)c(-c7ccccc7)nc6c5c4)c3)c3ccc4oc5ccccc5c4c3)c2)cc1. The number of anilines is 3. The topological polar surface area (TPSA) is 42.2 Å². The van der Waals surface area contributed by atoms with E-state index in [-0.39, 0.29) is 0 Å². The summed E-state index contributed by atoms with van der Waals surface area (Å²) in [7, 11) is 0. The lowest BCUT2D eigenvalue weighted by molar-refractivity contribution is 0.669. The molecule has 0 N–H and O–H groups in total. The van der Waals surface area contributed by atoms with Crippen LogP contribution in [0.1, 0.15) is 0 Å². The zero-order chi connectivity index (χ0) is 38.4. The van der Waals surface area contributed by atoms with Gasteiger partial charge in [-0.05, 0) is 88.3 Å². The van der Waals surface area contributed by atoms with Crippen LogP contribution < -0.4 is 4.90 Å². The molecule has 0 atom stereocenters. The van der Waals surface area contributed by atoms with Crippen molar-refractivity contribution in [1.82, 2.24) is 9.97 Å². The van der Waals surface area contributed by atoms with E-state index >= 15 is 0 Å². The predicted molar refractivity (Wildman–Crippen MR) is 241 cm³/mol. The number of fused-ring (bicyclic) bond motifs is 6. The maximum absolute atomic E-state index is 6.25. The van der Waals surface area contributed by atoms with Gasteiger partial charge in [0.1, 0.15) is 11.2 Å². The van der Waals surface area contributed by atoms with Gasteiger partial charge in [-0.15, -0.1) is 0 Å². The molecular formula is C54H35N3O. The van der Waals surface area contributed by atoms with Gasteiger partial charge in [-0.1, -0.05) is 152 Å². The van der Waals surface area contributed by atoms with Crippen molar-refractivity contribution >= 4 is 60.8 Å². The third-order valence-electron chi connectivity index (χ3n) is 11.0. The Labute approximate surface area is 335 Å². The Morgan fingerprint density at radius 3 is 1.57 bits per heavy atom. The van der Waals surface area contributed by atoms with E-state index in [1.165, 1.54) is 5.56 Å². The summed E-state index contributed by atoms with van der Waals surface area (Å²) in [5.41, 5.74) is 15.0. The van der Waals surface area contributed by atoms with Crippen molar-refractivity contribution in [3.63, 3.8) is 0 Å². The smallest absolute Gasteiger partial charge is 0.135 e. The molecule has 0 radical (unpaired) electrons. The molecule has 9 aromatic carbocycles. The highest BCUT2D eigenvalue weighted by Gasteiger charge is 2.19. The van der Waals surface area contributed by atoms with E-state index in [1.807, 2.05) is 24.3 Å². The summed E-state index contributed by atoms with van der Waals surface area (Å²) in [4.78, 5) is 13.0. The standard InChI is InChI=1S/C54H35N3O/c1-4-14-36(15-5-1)40-20-12-22-43(32-40)57(45-29-31-51-48(35-45)46-24-10-11-25-50(46)58-51)44-23-13-21-41(33-44)42-27-26-37-28-30-49-54(47(37)34-42)56-53(39-18-8-3-9-19-39)52(55-49)38-16-6-2-7-17-38/h1-35H. The van der Waals surface area contributed by atoms with Gasteiger partial charge >= 0.3 is 0 Å². The van der Waals surface area contributed by atoms with E-state index in [4.69, 9.17) is 14.4 Å². The fourth-order valence-electron chi connectivity index (χ4n) is 8.19. The van der Waals surface area contributed by atoms with Crippen molar-refractivity contribution in [2.24, 2.45) is 0 Å². The van der Waals surface area contributed by atoms with E-state index in [0.717, 1.165) is 100 Å². The normalized spacial score (nSPS) is 11.4. The second-order valence-corrected chi connectivity index (χ2v) is 14.6. The molecule has 0 saturated carbocycles. The zero-order valence-electron chi connectivity index (χ0n) is 31.5. The van der Waals surface area contributed by atoms with Crippen molar-refractivity contribution in [2.45, 2.75) is 0 Å². The van der Waals surface area contributed by atoms with Crippen LogP contribution in [0, 0.1) is 0 Å². The lowest BCUT2D eigenvalue weighted by atomic mass is 9.98. The number of para-hydroxylation sites is 1. The molecule has 2 heterocycles. The van der Waals surface area contributed by atoms with E-state index in [1.54, 1.807) is 0 Å².